The summed E-state index contributed by atoms with van der Waals surface area (Å²) in [6.45, 7) is 1.84. The number of hydrogen-bond acceptors (Lipinski definition) is 5. The molecule has 1 fully saturated rings. The number of aromatic nitrogens is 1. The number of rotatable bonds is 3. The molecular formula is C16H21N3O2S. The van der Waals surface area contributed by atoms with Crippen LogP contribution in [0.15, 0.2) is 23.7 Å². The summed E-state index contributed by atoms with van der Waals surface area (Å²) in [5.41, 5.74) is 2.75. The fraction of sp³-hybridized carbons (Fsp3) is 0.500. The smallest absolute Gasteiger partial charge is 0.253 e. The molecule has 1 saturated heterocycles. The molecule has 0 unspecified atom stereocenters. The lowest BCUT2D eigenvalue weighted by molar-refractivity contribution is -0.0324. The van der Waals surface area contributed by atoms with Crippen LogP contribution in [0.3, 0.4) is 0 Å². The van der Waals surface area contributed by atoms with Crippen LogP contribution < -0.4 is 0 Å². The normalized spacial score (nSPS) is 18.1. The molecule has 1 aromatic carbocycles. The number of piperidine rings is 1. The van der Waals surface area contributed by atoms with Gasteiger partial charge in [-0.3, -0.25) is 4.79 Å². The van der Waals surface area contributed by atoms with E-state index < -0.39 is 5.60 Å². The number of carbonyl (C=O) groups excluding carboxylic acids is 1. The van der Waals surface area contributed by atoms with E-state index in [1.165, 1.54) is 0 Å². The highest BCUT2D eigenvalue weighted by atomic mass is 32.1. The van der Waals surface area contributed by atoms with Crippen molar-refractivity contribution in [2.75, 3.05) is 33.7 Å². The lowest BCUT2D eigenvalue weighted by atomic mass is 9.90. The number of hydrogen-bond donors (Lipinski definition) is 1. The van der Waals surface area contributed by atoms with Crippen LogP contribution in [0.5, 0.6) is 0 Å². The minimum absolute atomic E-state index is 0.0437. The molecule has 1 aromatic heterocycles. The van der Waals surface area contributed by atoms with Crippen molar-refractivity contribution in [3.8, 4) is 0 Å². The zero-order valence-corrected chi connectivity index (χ0v) is 13.8. The van der Waals surface area contributed by atoms with Gasteiger partial charge in [0.1, 0.15) is 0 Å². The molecule has 0 spiro atoms. The average Bonchev–Trinajstić information content (AvgIpc) is 2.93. The molecule has 1 aliphatic heterocycles. The van der Waals surface area contributed by atoms with Crippen LogP contribution in [0.2, 0.25) is 0 Å². The Hall–Kier alpha value is -1.50. The number of nitrogens with zero attached hydrogens (tertiary/aromatic N) is 3. The molecule has 6 heteroatoms. The minimum atomic E-state index is -0.679. The first-order chi connectivity index (χ1) is 10.5. The van der Waals surface area contributed by atoms with E-state index in [2.05, 4.69) is 4.98 Å². The van der Waals surface area contributed by atoms with Gasteiger partial charge in [0.15, 0.2) is 0 Å². The van der Waals surface area contributed by atoms with Gasteiger partial charge in [-0.2, -0.15) is 0 Å². The van der Waals surface area contributed by atoms with Gasteiger partial charge in [-0.05, 0) is 45.1 Å². The lowest BCUT2D eigenvalue weighted by Crippen LogP contribution is -2.51. The van der Waals surface area contributed by atoms with E-state index in [-0.39, 0.29) is 5.91 Å². The molecule has 0 bridgehead atoms. The third-order valence-electron chi connectivity index (χ3n) is 4.17. The molecule has 2 heterocycles. The summed E-state index contributed by atoms with van der Waals surface area (Å²) in [4.78, 5) is 20.7. The second-order valence-corrected chi connectivity index (χ2v) is 7.18. The fourth-order valence-electron chi connectivity index (χ4n) is 3.04. The Morgan fingerprint density at radius 2 is 2.14 bits per heavy atom. The molecule has 0 saturated carbocycles. The maximum absolute atomic E-state index is 12.6. The van der Waals surface area contributed by atoms with Crippen molar-refractivity contribution in [2.45, 2.75) is 18.4 Å². The fourth-order valence-corrected chi connectivity index (χ4v) is 3.76. The quantitative estimate of drug-likeness (QED) is 0.938. The van der Waals surface area contributed by atoms with Crippen LogP contribution in [0.25, 0.3) is 10.2 Å². The van der Waals surface area contributed by atoms with Crippen molar-refractivity contribution < 1.29 is 9.90 Å². The predicted molar refractivity (Wildman–Crippen MR) is 88.3 cm³/mol. The largest absolute Gasteiger partial charge is 0.388 e. The number of amides is 1. The second-order valence-electron chi connectivity index (χ2n) is 6.29. The lowest BCUT2D eigenvalue weighted by Gasteiger charge is -2.39. The Labute approximate surface area is 134 Å². The van der Waals surface area contributed by atoms with Gasteiger partial charge in [-0.1, -0.05) is 0 Å². The SMILES string of the molecule is CN(C)CC1(O)CCN(C(=O)c2ccc3ncsc3c2)CC1. The van der Waals surface area contributed by atoms with Gasteiger partial charge in [0.2, 0.25) is 0 Å². The molecule has 3 rings (SSSR count). The van der Waals surface area contributed by atoms with Crippen molar-refractivity contribution >= 4 is 27.5 Å². The van der Waals surface area contributed by atoms with Gasteiger partial charge in [0.05, 0.1) is 21.3 Å². The summed E-state index contributed by atoms with van der Waals surface area (Å²) in [7, 11) is 3.92. The Kier molecular flexibility index (Phi) is 4.16. The first-order valence-corrected chi connectivity index (χ1v) is 8.34. The molecular weight excluding hydrogens is 298 g/mol. The van der Waals surface area contributed by atoms with E-state index in [0.717, 1.165) is 10.2 Å². The molecule has 1 amide bonds. The summed E-state index contributed by atoms with van der Waals surface area (Å²) in [5.74, 6) is 0.0437. The molecule has 2 aromatic rings. The Balaban J connectivity index is 1.69. The molecule has 1 aliphatic rings. The van der Waals surface area contributed by atoms with Crippen LogP contribution in [-0.2, 0) is 0 Å². The zero-order valence-electron chi connectivity index (χ0n) is 13.0. The van der Waals surface area contributed by atoms with E-state index in [4.69, 9.17) is 0 Å². The second kappa shape index (κ2) is 5.95. The number of fused-ring (bicyclic) bond motifs is 1. The van der Waals surface area contributed by atoms with Crippen LogP contribution in [0, 0.1) is 0 Å². The Morgan fingerprint density at radius 3 is 2.82 bits per heavy atom. The zero-order chi connectivity index (χ0) is 15.7. The monoisotopic (exact) mass is 319 g/mol. The van der Waals surface area contributed by atoms with Crippen LogP contribution in [0.4, 0.5) is 0 Å². The molecule has 0 radical (unpaired) electrons. The van der Waals surface area contributed by atoms with Crippen molar-refractivity contribution in [3.05, 3.63) is 29.3 Å². The summed E-state index contributed by atoms with van der Waals surface area (Å²) in [6, 6.07) is 5.65. The summed E-state index contributed by atoms with van der Waals surface area (Å²) < 4.78 is 1.03. The van der Waals surface area contributed by atoms with Crippen molar-refractivity contribution in [2.24, 2.45) is 0 Å². The van der Waals surface area contributed by atoms with Crippen molar-refractivity contribution in [1.29, 1.82) is 0 Å². The van der Waals surface area contributed by atoms with Gasteiger partial charge in [-0.25, -0.2) is 4.98 Å². The van der Waals surface area contributed by atoms with Crippen LogP contribution in [0.1, 0.15) is 23.2 Å². The summed E-state index contributed by atoms with van der Waals surface area (Å²) in [6.07, 6.45) is 1.25. The van der Waals surface area contributed by atoms with Crippen LogP contribution in [-0.4, -0.2) is 65.1 Å². The number of benzene rings is 1. The highest BCUT2D eigenvalue weighted by molar-refractivity contribution is 7.16. The van der Waals surface area contributed by atoms with Crippen molar-refractivity contribution in [1.82, 2.24) is 14.8 Å². The minimum Gasteiger partial charge on any atom is -0.388 e. The van der Waals surface area contributed by atoms with Gasteiger partial charge < -0.3 is 14.9 Å². The van der Waals surface area contributed by atoms with E-state index in [1.54, 1.807) is 16.8 Å². The topological polar surface area (TPSA) is 56.7 Å². The summed E-state index contributed by atoms with van der Waals surface area (Å²) in [5, 5.41) is 10.5. The maximum atomic E-state index is 12.6. The van der Waals surface area contributed by atoms with E-state index in [0.29, 0.717) is 38.0 Å². The number of carbonyl (C=O) groups is 1. The number of likely N-dealkylation sites (N-methyl/N-ethyl adjacent to an activating group) is 1. The first kappa shape index (κ1) is 15.4. The number of likely N-dealkylation sites (tertiary alicyclic amines) is 1. The highest BCUT2D eigenvalue weighted by Crippen LogP contribution is 2.25. The molecule has 5 nitrogen and oxygen atoms in total. The van der Waals surface area contributed by atoms with Crippen molar-refractivity contribution in [3.63, 3.8) is 0 Å². The first-order valence-electron chi connectivity index (χ1n) is 7.46. The van der Waals surface area contributed by atoms with Crippen LogP contribution >= 0.6 is 11.3 Å². The van der Waals surface area contributed by atoms with Gasteiger partial charge in [0.25, 0.3) is 5.91 Å². The molecule has 0 atom stereocenters. The molecule has 22 heavy (non-hydrogen) atoms. The van der Waals surface area contributed by atoms with E-state index in [1.807, 2.05) is 42.1 Å². The van der Waals surface area contributed by atoms with E-state index >= 15 is 0 Å². The molecule has 0 aliphatic carbocycles. The third-order valence-corrected chi connectivity index (χ3v) is 4.96. The average molecular weight is 319 g/mol. The van der Waals surface area contributed by atoms with Gasteiger partial charge >= 0.3 is 0 Å². The Bertz CT molecular complexity index is 675. The standard InChI is InChI=1S/C16H21N3O2S/c1-18(2)10-16(21)5-7-19(8-6-16)15(20)12-3-4-13-14(9-12)22-11-17-13/h3-4,9,11,21H,5-8,10H2,1-2H3. The molecule has 118 valence electrons. The van der Waals surface area contributed by atoms with E-state index in [9.17, 15) is 9.90 Å². The maximum Gasteiger partial charge on any atom is 0.253 e. The summed E-state index contributed by atoms with van der Waals surface area (Å²) >= 11 is 1.54. The highest BCUT2D eigenvalue weighted by Gasteiger charge is 2.34. The molecule has 1 N–H and O–H groups in total. The van der Waals surface area contributed by atoms with Gasteiger partial charge in [0, 0.05) is 25.2 Å². The predicted octanol–water partition coefficient (Wildman–Crippen LogP) is 1.82. The third kappa shape index (κ3) is 3.14. The Morgan fingerprint density at radius 1 is 1.41 bits per heavy atom. The number of aliphatic hydroxyl groups is 1. The van der Waals surface area contributed by atoms with Gasteiger partial charge in [-0.15, -0.1) is 11.3 Å². The number of thiazole rings is 1.